The van der Waals surface area contributed by atoms with Crippen LogP contribution < -0.4 is 16.4 Å². The minimum atomic E-state index is -0.140. The molecule has 0 amide bonds. The molecule has 2 aromatic rings. The van der Waals surface area contributed by atoms with Gasteiger partial charge in [-0.25, -0.2) is 10.5 Å². The van der Waals surface area contributed by atoms with E-state index in [-0.39, 0.29) is 5.56 Å². The van der Waals surface area contributed by atoms with Crippen molar-refractivity contribution in [3.63, 3.8) is 0 Å². The Morgan fingerprint density at radius 2 is 2.27 bits per heavy atom. The standard InChI is InChI=1S/C10H10N4O/c15-10-6-2-1-3-7-9(6)8(13-14-10)4-5-11-12-7/h1-3,11-12H,4-5H2,(H,14,15). The minimum Gasteiger partial charge on any atom is -0.321 e. The molecule has 0 aliphatic carbocycles. The second-order valence-electron chi connectivity index (χ2n) is 3.53. The minimum absolute atomic E-state index is 0.140. The Kier molecular flexibility index (Phi) is 1.72. The number of benzene rings is 1. The van der Waals surface area contributed by atoms with Gasteiger partial charge in [-0.2, -0.15) is 5.10 Å². The van der Waals surface area contributed by atoms with E-state index in [1.165, 1.54) is 0 Å². The van der Waals surface area contributed by atoms with Gasteiger partial charge in [-0.05, 0) is 12.1 Å². The van der Waals surface area contributed by atoms with Crippen molar-refractivity contribution in [2.45, 2.75) is 6.42 Å². The molecule has 1 aromatic carbocycles. The lowest BCUT2D eigenvalue weighted by Crippen LogP contribution is -2.21. The van der Waals surface area contributed by atoms with Crippen LogP contribution in [0.2, 0.25) is 0 Å². The third-order valence-electron chi connectivity index (χ3n) is 2.60. The van der Waals surface area contributed by atoms with E-state index < -0.39 is 0 Å². The van der Waals surface area contributed by atoms with Crippen LogP contribution in [0.5, 0.6) is 0 Å². The molecule has 0 saturated heterocycles. The maximum Gasteiger partial charge on any atom is 0.272 e. The Balaban J connectivity index is 2.49. The zero-order valence-corrected chi connectivity index (χ0v) is 8.00. The molecular weight excluding hydrogens is 192 g/mol. The topological polar surface area (TPSA) is 69.8 Å². The van der Waals surface area contributed by atoms with Gasteiger partial charge in [0.05, 0.1) is 16.8 Å². The number of nitrogens with one attached hydrogen (secondary N) is 3. The van der Waals surface area contributed by atoms with E-state index in [0.717, 1.165) is 29.7 Å². The molecule has 15 heavy (non-hydrogen) atoms. The third kappa shape index (κ3) is 1.20. The molecule has 0 spiro atoms. The summed E-state index contributed by atoms with van der Waals surface area (Å²) in [6.07, 6.45) is 0.803. The number of hydrogen-bond donors (Lipinski definition) is 3. The van der Waals surface area contributed by atoms with Crippen molar-refractivity contribution in [3.05, 3.63) is 34.2 Å². The van der Waals surface area contributed by atoms with E-state index in [1.54, 1.807) is 0 Å². The molecule has 3 rings (SSSR count). The Morgan fingerprint density at radius 3 is 3.20 bits per heavy atom. The average Bonchev–Trinajstić information content (AvgIpc) is 2.47. The molecule has 0 fully saturated rings. The summed E-state index contributed by atoms with van der Waals surface area (Å²) in [5.41, 5.74) is 7.85. The largest absolute Gasteiger partial charge is 0.321 e. The number of aromatic nitrogens is 2. The number of rotatable bonds is 0. The van der Waals surface area contributed by atoms with Crippen molar-refractivity contribution in [2.24, 2.45) is 0 Å². The van der Waals surface area contributed by atoms with Crippen molar-refractivity contribution < 1.29 is 0 Å². The van der Waals surface area contributed by atoms with Gasteiger partial charge in [0.25, 0.3) is 5.56 Å². The highest BCUT2D eigenvalue weighted by atomic mass is 16.1. The molecule has 1 aliphatic rings. The number of H-pyrrole nitrogens is 1. The molecule has 5 nitrogen and oxygen atoms in total. The second kappa shape index (κ2) is 3.06. The van der Waals surface area contributed by atoms with Gasteiger partial charge >= 0.3 is 0 Å². The van der Waals surface area contributed by atoms with Crippen molar-refractivity contribution in [1.82, 2.24) is 15.6 Å². The van der Waals surface area contributed by atoms with Gasteiger partial charge in [-0.3, -0.25) is 4.79 Å². The van der Waals surface area contributed by atoms with Crippen molar-refractivity contribution in [3.8, 4) is 0 Å². The van der Waals surface area contributed by atoms with Crippen LogP contribution in [0.3, 0.4) is 0 Å². The molecule has 0 saturated carbocycles. The normalized spacial score (nSPS) is 14.7. The number of aromatic amines is 1. The summed E-state index contributed by atoms with van der Waals surface area (Å²) in [6.45, 7) is 0.794. The summed E-state index contributed by atoms with van der Waals surface area (Å²) in [4.78, 5) is 11.6. The van der Waals surface area contributed by atoms with Gasteiger partial charge in [0.2, 0.25) is 0 Å². The molecule has 5 heteroatoms. The summed E-state index contributed by atoms with van der Waals surface area (Å²) in [5, 5.41) is 8.21. The Hall–Kier alpha value is -1.88. The van der Waals surface area contributed by atoms with E-state index in [1.807, 2.05) is 18.2 Å². The smallest absolute Gasteiger partial charge is 0.272 e. The lowest BCUT2D eigenvalue weighted by Gasteiger charge is -2.06. The van der Waals surface area contributed by atoms with Crippen LogP contribution in [0, 0.1) is 0 Å². The van der Waals surface area contributed by atoms with E-state index in [2.05, 4.69) is 21.0 Å². The maximum atomic E-state index is 11.6. The van der Waals surface area contributed by atoms with Gasteiger partial charge in [0, 0.05) is 18.4 Å². The van der Waals surface area contributed by atoms with Gasteiger partial charge < -0.3 is 5.43 Å². The predicted octanol–water partition coefficient (Wildman–Crippen LogP) is 0.396. The van der Waals surface area contributed by atoms with E-state index in [0.29, 0.717) is 5.39 Å². The van der Waals surface area contributed by atoms with E-state index in [9.17, 15) is 4.79 Å². The van der Waals surface area contributed by atoms with Crippen LogP contribution in [0.15, 0.2) is 23.0 Å². The van der Waals surface area contributed by atoms with Crippen LogP contribution >= 0.6 is 0 Å². The average molecular weight is 202 g/mol. The zero-order valence-electron chi connectivity index (χ0n) is 8.00. The fourth-order valence-corrected chi connectivity index (χ4v) is 1.91. The quantitative estimate of drug-likeness (QED) is 0.578. The van der Waals surface area contributed by atoms with Crippen LogP contribution in [0.25, 0.3) is 10.8 Å². The SMILES string of the molecule is O=c1[nH]nc2c3c(cccc13)NNCC2. The van der Waals surface area contributed by atoms with Crippen molar-refractivity contribution in [1.29, 1.82) is 0 Å². The molecule has 1 aliphatic heterocycles. The molecule has 3 N–H and O–H groups in total. The Bertz CT molecular complexity index is 563. The predicted molar refractivity (Wildman–Crippen MR) is 57.7 cm³/mol. The van der Waals surface area contributed by atoms with Crippen LogP contribution in [-0.4, -0.2) is 16.7 Å². The van der Waals surface area contributed by atoms with Crippen LogP contribution in [-0.2, 0) is 6.42 Å². The first kappa shape index (κ1) is 8.43. The number of hydrazine groups is 1. The number of anilines is 1. The lowest BCUT2D eigenvalue weighted by molar-refractivity contribution is 0.768. The first-order chi connectivity index (χ1) is 7.36. The van der Waals surface area contributed by atoms with Gasteiger partial charge in [-0.1, -0.05) is 6.07 Å². The second-order valence-corrected chi connectivity index (χ2v) is 3.53. The molecule has 1 aromatic heterocycles. The number of nitrogens with zero attached hydrogens (tertiary/aromatic N) is 1. The molecule has 2 heterocycles. The Morgan fingerprint density at radius 1 is 1.33 bits per heavy atom. The summed E-state index contributed by atoms with van der Waals surface area (Å²) in [6, 6.07) is 5.61. The highest BCUT2D eigenvalue weighted by Gasteiger charge is 2.12. The zero-order chi connectivity index (χ0) is 10.3. The van der Waals surface area contributed by atoms with Crippen LogP contribution in [0.1, 0.15) is 5.69 Å². The lowest BCUT2D eigenvalue weighted by atomic mass is 10.1. The summed E-state index contributed by atoms with van der Waals surface area (Å²) < 4.78 is 0. The molecule has 0 bridgehead atoms. The number of hydrogen-bond acceptors (Lipinski definition) is 4. The van der Waals surface area contributed by atoms with E-state index in [4.69, 9.17) is 0 Å². The van der Waals surface area contributed by atoms with Crippen molar-refractivity contribution in [2.75, 3.05) is 12.0 Å². The van der Waals surface area contributed by atoms with Gasteiger partial charge in [-0.15, -0.1) is 0 Å². The highest BCUT2D eigenvalue weighted by molar-refractivity contribution is 5.95. The fraction of sp³-hybridized carbons (Fsp3) is 0.200. The summed E-state index contributed by atoms with van der Waals surface area (Å²) in [7, 11) is 0. The molecule has 76 valence electrons. The van der Waals surface area contributed by atoms with E-state index >= 15 is 0 Å². The van der Waals surface area contributed by atoms with Crippen LogP contribution in [0.4, 0.5) is 5.69 Å². The monoisotopic (exact) mass is 202 g/mol. The third-order valence-corrected chi connectivity index (χ3v) is 2.60. The first-order valence-corrected chi connectivity index (χ1v) is 4.85. The Labute approximate surface area is 85.5 Å². The first-order valence-electron chi connectivity index (χ1n) is 4.85. The molecule has 0 radical (unpaired) electrons. The van der Waals surface area contributed by atoms with Gasteiger partial charge in [0.1, 0.15) is 0 Å². The highest BCUT2D eigenvalue weighted by Crippen LogP contribution is 2.24. The molecular formula is C10H10N4O. The van der Waals surface area contributed by atoms with Gasteiger partial charge in [0.15, 0.2) is 0 Å². The summed E-state index contributed by atoms with van der Waals surface area (Å²) >= 11 is 0. The van der Waals surface area contributed by atoms with Crippen molar-refractivity contribution >= 4 is 16.5 Å². The fourth-order valence-electron chi connectivity index (χ4n) is 1.91. The maximum absolute atomic E-state index is 11.6. The molecule has 0 unspecified atom stereocenters. The summed E-state index contributed by atoms with van der Waals surface area (Å²) in [5.74, 6) is 0. The molecule has 0 atom stereocenters.